The fraction of sp³-hybridized carbons (Fsp3) is 0.500. The summed E-state index contributed by atoms with van der Waals surface area (Å²) < 4.78 is 6.18. The molecule has 0 saturated heterocycles. The summed E-state index contributed by atoms with van der Waals surface area (Å²) in [6, 6.07) is 0. The summed E-state index contributed by atoms with van der Waals surface area (Å²) in [7, 11) is 2.38. The monoisotopic (exact) mass is 271 g/mol. The minimum atomic E-state index is -1.05. The molecule has 0 fully saturated rings. The van der Waals surface area contributed by atoms with Crippen LogP contribution in [0.25, 0.3) is 0 Å². The lowest BCUT2D eigenvalue weighted by Gasteiger charge is -2.09. The fourth-order valence-corrected chi connectivity index (χ4v) is 1.60. The van der Waals surface area contributed by atoms with E-state index >= 15 is 0 Å². The second kappa shape index (κ2) is 5.46. The third-order valence-electron chi connectivity index (χ3n) is 2.56. The molecule has 0 radical (unpaired) electrons. The summed E-state index contributed by atoms with van der Waals surface area (Å²) in [6.07, 6.45) is -0.508. The molecule has 0 aromatic carbocycles. The van der Waals surface area contributed by atoms with Crippen molar-refractivity contribution in [3.63, 3.8) is 0 Å². The number of aromatic nitrogens is 2. The van der Waals surface area contributed by atoms with Gasteiger partial charge in [-0.15, -0.1) is 0 Å². The molecule has 9 nitrogen and oxygen atoms in total. The third kappa shape index (κ3) is 2.69. The number of nitro groups is 1. The molecule has 0 N–H and O–H groups in total. The SMILES string of the molecule is CCOC(=O)Cc1c([N+](=O)[O-])c(=O)n(C)c(=O)n1C. The molecule has 0 amide bonds. The molecule has 0 aliphatic carbocycles. The predicted molar refractivity (Wildman–Crippen MR) is 63.9 cm³/mol. The molecule has 1 rings (SSSR count). The van der Waals surface area contributed by atoms with Crippen molar-refractivity contribution in [2.24, 2.45) is 14.1 Å². The molecule has 0 saturated carbocycles. The number of carbonyl (C=O) groups is 1. The molecule has 9 heteroatoms. The van der Waals surface area contributed by atoms with Gasteiger partial charge in [-0.25, -0.2) is 4.79 Å². The van der Waals surface area contributed by atoms with Crippen molar-refractivity contribution < 1.29 is 14.5 Å². The number of rotatable bonds is 4. The van der Waals surface area contributed by atoms with E-state index in [2.05, 4.69) is 4.74 Å². The molecule has 0 unspecified atom stereocenters. The number of nitrogens with zero attached hydrogens (tertiary/aromatic N) is 3. The van der Waals surface area contributed by atoms with Gasteiger partial charge >= 0.3 is 22.9 Å². The average Bonchev–Trinajstić information content (AvgIpc) is 2.33. The maximum absolute atomic E-state index is 11.7. The van der Waals surface area contributed by atoms with Gasteiger partial charge in [0.1, 0.15) is 5.69 Å². The largest absolute Gasteiger partial charge is 0.466 e. The molecule has 0 aliphatic heterocycles. The van der Waals surface area contributed by atoms with Gasteiger partial charge in [-0.3, -0.25) is 28.8 Å². The summed E-state index contributed by atoms with van der Waals surface area (Å²) in [5, 5.41) is 10.9. The van der Waals surface area contributed by atoms with Gasteiger partial charge in [0.25, 0.3) is 0 Å². The molecule has 0 spiro atoms. The predicted octanol–water partition coefficient (Wildman–Crippen LogP) is -0.902. The summed E-state index contributed by atoms with van der Waals surface area (Å²) in [5.41, 5.74) is -2.85. The molecule has 1 aromatic rings. The van der Waals surface area contributed by atoms with Crippen LogP contribution in [0.5, 0.6) is 0 Å². The number of carbonyl (C=O) groups excluding carboxylic acids is 1. The fourth-order valence-electron chi connectivity index (χ4n) is 1.60. The van der Waals surface area contributed by atoms with Crippen LogP contribution in [0.3, 0.4) is 0 Å². The highest BCUT2D eigenvalue weighted by Crippen LogP contribution is 2.11. The van der Waals surface area contributed by atoms with E-state index in [-0.39, 0.29) is 12.3 Å². The van der Waals surface area contributed by atoms with Gasteiger partial charge in [-0.05, 0) is 6.92 Å². The summed E-state index contributed by atoms with van der Waals surface area (Å²) >= 11 is 0. The van der Waals surface area contributed by atoms with E-state index in [1.165, 1.54) is 7.05 Å². The Hall–Kier alpha value is -2.45. The molecular weight excluding hydrogens is 258 g/mol. The van der Waals surface area contributed by atoms with Gasteiger partial charge in [0.2, 0.25) is 0 Å². The van der Waals surface area contributed by atoms with Crippen molar-refractivity contribution in [1.29, 1.82) is 0 Å². The van der Waals surface area contributed by atoms with E-state index in [1.54, 1.807) is 6.92 Å². The Balaban J connectivity index is 3.53. The van der Waals surface area contributed by atoms with Crippen LogP contribution in [0.15, 0.2) is 9.59 Å². The van der Waals surface area contributed by atoms with Crippen molar-refractivity contribution in [3.05, 3.63) is 36.6 Å². The lowest BCUT2D eigenvalue weighted by atomic mass is 10.2. The second-order valence-corrected chi connectivity index (χ2v) is 3.74. The molecule has 0 aliphatic rings. The van der Waals surface area contributed by atoms with Crippen molar-refractivity contribution in [1.82, 2.24) is 9.13 Å². The van der Waals surface area contributed by atoms with E-state index < -0.39 is 34.2 Å². The molecule has 1 aromatic heterocycles. The summed E-state index contributed by atoms with van der Waals surface area (Å²) in [6.45, 7) is 1.68. The summed E-state index contributed by atoms with van der Waals surface area (Å²) in [5.74, 6) is -0.742. The van der Waals surface area contributed by atoms with Gasteiger partial charge in [0.05, 0.1) is 18.0 Å². The highest BCUT2D eigenvalue weighted by Gasteiger charge is 2.27. The van der Waals surface area contributed by atoms with Crippen molar-refractivity contribution >= 4 is 11.7 Å². The number of hydrogen-bond acceptors (Lipinski definition) is 6. The Morgan fingerprint density at radius 3 is 2.37 bits per heavy atom. The van der Waals surface area contributed by atoms with Crippen molar-refractivity contribution in [2.45, 2.75) is 13.3 Å². The smallest absolute Gasteiger partial charge is 0.354 e. The Morgan fingerprint density at radius 2 is 1.89 bits per heavy atom. The lowest BCUT2D eigenvalue weighted by Crippen LogP contribution is -2.40. The zero-order valence-corrected chi connectivity index (χ0v) is 10.7. The number of ether oxygens (including phenoxy) is 1. The zero-order valence-electron chi connectivity index (χ0n) is 10.7. The van der Waals surface area contributed by atoms with Gasteiger partial charge in [0, 0.05) is 14.1 Å². The first-order valence-corrected chi connectivity index (χ1v) is 5.40. The van der Waals surface area contributed by atoms with Gasteiger partial charge in [-0.1, -0.05) is 0 Å². The normalized spacial score (nSPS) is 10.3. The molecule has 104 valence electrons. The minimum absolute atomic E-state index is 0.103. The van der Waals surface area contributed by atoms with E-state index in [9.17, 15) is 24.5 Å². The number of hydrogen-bond donors (Lipinski definition) is 0. The maximum Gasteiger partial charge on any atom is 0.354 e. The maximum atomic E-state index is 11.7. The highest BCUT2D eigenvalue weighted by atomic mass is 16.6. The van der Waals surface area contributed by atoms with Crippen LogP contribution in [0.1, 0.15) is 12.6 Å². The van der Waals surface area contributed by atoms with Crippen LogP contribution in [0.4, 0.5) is 5.69 Å². The van der Waals surface area contributed by atoms with Crippen LogP contribution >= 0.6 is 0 Å². The highest BCUT2D eigenvalue weighted by molar-refractivity contribution is 5.73. The average molecular weight is 271 g/mol. The van der Waals surface area contributed by atoms with Gasteiger partial charge in [0.15, 0.2) is 0 Å². The third-order valence-corrected chi connectivity index (χ3v) is 2.56. The van der Waals surface area contributed by atoms with Crippen molar-refractivity contribution in [3.8, 4) is 0 Å². The van der Waals surface area contributed by atoms with Crippen LogP contribution in [0.2, 0.25) is 0 Å². The van der Waals surface area contributed by atoms with Crippen LogP contribution in [-0.2, 0) is 30.0 Å². The topological polar surface area (TPSA) is 113 Å². The van der Waals surface area contributed by atoms with Crippen LogP contribution in [-0.4, -0.2) is 26.6 Å². The van der Waals surface area contributed by atoms with Crippen LogP contribution in [0, 0.1) is 10.1 Å². The molecule has 0 atom stereocenters. The van der Waals surface area contributed by atoms with Gasteiger partial charge in [-0.2, -0.15) is 0 Å². The standard InChI is InChI=1S/C10H13N3O6/c1-4-19-7(14)5-6-8(13(17)18)9(15)12(3)10(16)11(6)2/h4-5H2,1-3H3. The second-order valence-electron chi connectivity index (χ2n) is 3.74. The Labute approximate surface area is 107 Å². The van der Waals surface area contributed by atoms with Crippen molar-refractivity contribution in [2.75, 3.05) is 6.61 Å². The molecule has 1 heterocycles. The quantitative estimate of drug-likeness (QED) is 0.398. The Morgan fingerprint density at radius 1 is 1.32 bits per heavy atom. The first-order chi connectivity index (χ1) is 8.81. The molecule has 19 heavy (non-hydrogen) atoms. The Kier molecular flexibility index (Phi) is 4.20. The van der Waals surface area contributed by atoms with E-state index in [1.807, 2.05) is 0 Å². The Bertz CT molecular complexity index is 642. The van der Waals surface area contributed by atoms with E-state index in [4.69, 9.17) is 0 Å². The number of esters is 1. The zero-order chi connectivity index (χ0) is 14.7. The van der Waals surface area contributed by atoms with E-state index in [0.29, 0.717) is 4.57 Å². The minimum Gasteiger partial charge on any atom is -0.466 e. The van der Waals surface area contributed by atoms with Crippen LogP contribution < -0.4 is 11.2 Å². The molecule has 0 bridgehead atoms. The first-order valence-electron chi connectivity index (χ1n) is 5.40. The van der Waals surface area contributed by atoms with E-state index in [0.717, 1.165) is 11.6 Å². The summed E-state index contributed by atoms with van der Waals surface area (Å²) in [4.78, 5) is 44.8. The van der Waals surface area contributed by atoms with Gasteiger partial charge < -0.3 is 4.74 Å². The first kappa shape index (κ1) is 14.6. The lowest BCUT2D eigenvalue weighted by molar-refractivity contribution is -0.387. The molecular formula is C10H13N3O6.